The lowest BCUT2D eigenvalue weighted by atomic mass is 10.2. The molecule has 16 heavy (non-hydrogen) atoms. The topological polar surface area (TPSA) is 95.5 Å². The van der Waals surface area contributed by atoms with E-state index in [0.29, 0.717) is 0 Å². The van der Waals surface area contributed by atoms with Gasteiger partial charge in [0.15, 0.2) is 0 Å². The fourth-order valence-corrected chi connectivity index (χ4v) is 1.09. The predicted octanol–water partition coefficient (Wildman–Crippen LogP) is 0.237. The summed E-state index contributed by atoms with van der Waals surface area (Å²) < 4.78 is 0. The number of carboxylic acids is 1. The minimum absolute atomic E-state index is 0.0953. The van der Waals surface area contributed by atoms with E-state index >= 15 is 0 Å². The number of carbonyl (C=O) groups is 1. The van der Waals surface area contributed by atoms with Crippen LogP contribution in [0.4, 0.5) is 11.4 Å². The molecule has 6 heteroatoms. The summed E-state index contributed by atoms with van der Waals surface area (Å²) >= 11 is 0. The van der Waals surface area contributed by atoms with Crippen molar-refractivity contribution in [1.82, 2.24) is 0 Å². The minimum Gasteiger partial charge on any atom is -0.481 e. The zero-order chi connectivity index (χ0) is 12.7. The largest absolute Gasteiger partial charge is 0.481 e. The molecule has 1 rings (SSSR count). The Morgan fingerprint density at radius 1 is 1.19 bits per heavy atom. The third-order valence-electron chi connectivity index (χ3n) is 1.80. The van der Waals surface area contributed by atoms with E-state index in [1.807, 2.05) is 13.8 Å². The summed E-state index contributed by atoms with van der Waals surface area (Å²) in [6, 6.07) is 0. The third-order valence-corrected chi connectivity index (χ3v) is 1.80. The van der Waals surface area contributed by atoms with Gasteiger partial charge in [0.1, 0.15) is 11.4 Å². The fourth-order valence-electron chi connectivity index (χ4n) is 1.09. The van der Waals surface area contributed by atoms with Crippen LogP contribution in [0.2, 0.25) is 0 Å². The van der Waals surface area contributed by atoms with Crippen LogP contribution < -0.4 is 21.5 Å². The van der Waals surface area contributed by atoms with Crippen molar-refractivity contribution in [2.45, 2.75) is 20.3 Å². The van der Waals surface area contributed by atoms with Crippen LogP contribution in [0.5, 0.6) is 0 Å². The van der Waals surface area contributed by atoms with Crippen molar-refractivity contribution in [2.24, 2.45) is 0 Å². The van der Waals surface area contributed by atoms with E-state index in [1.54, 1.807) is 0 Å². The number of hydrogen-bond acceptors (Lipinski definition) is 5. The van der Waals surface area contributed by atoms with E-state index < -0.39 is 16.8 Å². The molecule has 3 N–H and O–H groups in total. The quantitative estimate of drug-likeness (QED) is 0.625. The zero-order valence-electron chi connectivity index (χ0n) is 9.59. The molecular formula is C10H16N2O4. The van der Waals surface area contributed by atoms with Gasteiger partial charge >= 0.3 is 5.97 Å². The Kier molecular flexibility index (Phi) is 5.84. The first-order valence-electron chi connectivity index (χ1n) is 5.04. The highest BCUT2D eigenvalue weighted by Crippen LogP contribution is 2.12. The predicted molar refractivity (Wildman–Crippen MR) is 63.0 cm³/mol. The lowest BCUT2D eigenvalue weighted by Gasteiger charge is -2.11. The van der Waals surface area contributed by atoms with E-state index in [2.05, 4.69) is 10.6 Å². The second-order valence-electron chi connectivity index (χ2n) is 2.73. The van der Waals surface area contributed by atoms with E-state index in [0.717, 1.165) is 0 Å². The molecule has 0 spiro atoms. The zero-order valence-corrected chi connectivity index (χ0v) is 9.59. The number of aliphatic carboxylic acids is 1. The van der Waals surface area contributed by atoms with E-state index in [9.17, 15) is 14.4 Å². The SMILES string of the molecule is CC.CNc1c(NCCC(=O)O)c(=O)c1=O. The maximum Gasteiger partial charge on any atom is 0.305 e. The van der Waals surface area contributed by atoms with Gasteiger partial charge in [0.2, 0.25) is 0 Å². The highest BCUT2D eigenvalue weighted by molar-refractivity contribution is 5.74. The van der Waals surface area contributed by atoms with Gasteiger partial charge < -0.3 is 15.7 Å². The molecule has 1 aromatic rings. The average molecular weight is 228 g/mol. The molecule has 0 aliphatic heterocycles. The van der Waals surface area contributed by atoms with Crippen molar-refractivity contribution >= 4 is 17.3 Å². The first-order chi connectivity index (χ1) is 7.57. The molecule has 1 aromatic carbocycles. The van der Waals surface area contributed by atoms with Crippen molar-refractivity contribution in [1.29, 1.82) is 0 Å². The van der Waals surface area contributed by atoms with Crippen LogP contribution in [0.3, 0.4) is 0 Å². The molecule has 0 aliphatic carbocycles. The number of rotatable bonds is 5. The van der Waals surface area contributed by atoms with Gasteiger partial charge in [0.25, 0.3) is 10.9 Å². The van der Waals surface area contributed by atoms with Crippen molar-refractivity contribution < 1.29 is 9.90 Å². The summed E-state index contributed by atoms with van der Waals surface area (Å²) in [5, 5.41) is 13.5. The van der Waals surface area contributed by atoms with Crippen molar-refractivity contribution in [3.8, 4) is 0 Å². The van der Waals surface area contributed by atoms with Crippen LogP contribution >= 0.6 is 0 Å². The molecule has 0 unspecified atom stereocenters. The van der Waals surface area contributed by atoms with E-state index in [4.69, 9.17) is 5.11 Å². The van der Waals surface area contributed by atoms with Gasteiger partial charge in [-0.05, 0) is 0 Å². The molecule has 0 radical (unpaired) electrons. The number of nitrogens with one attached hydrogen (secondary N) is 2. The molecule has 0 bridgehead atoms. The van der Waals surface area contributed by atoms with Crippen molar-refractivity contribution in [2.75, 3.05) is 24.2 Å². The minimum atomic E-state index is -0.956. The van der Waals surface area contributed by atoms with Gasteiger partial charge in [-0.15, -0.1) is 0 Å². The summed E-state index contributed by atoms with van der Waals surface area (Å²) in [5.74, 6) is -0.956. The highest BCUT2D eigenvalue weighted by Gasteiger charge is 2.18. The smallest absolute Gasteiger partial charge is 0.305 e. The first-order valence-corrected chi connectivity index (χ1v) is 5.04. The van der Waals surface area contributed by atoms with Gasteiger partial charge in [-0.25, -0.2) is 0 Å². The normalized spacial score (nSPS) is 9.19. The van der Waals surface area contributed by atoms with Crippen LogP contribution in [0.25, 0.3) is 0 Å². The Morgan fingerprint density at radius 3 is 2.12 bits per heavy atom. The summed E-state index contributed by atoms with van der Waals surface area (Å²) in [6.07, 6.45) is -0.0953. The van der Waals surface area contributed by atoms with Gasteiger partial charge in [-0.3, -0.25) is 14.4 Å². The first kappa shape index (κ1) is 14.2. The molecule has 0 saturated carbocycles. The van der Waals surface area contributed by atoms with E-state index in [1.165, 1.54) is 7.05 Å². The molecule has 0 fully saturated rings. The second kappa shape index (κ2) is 6.60. The maximum absolute atomic E-state index is 10.9. The lowest BCUT2D eigenvalue weighted by Crippen LogP contribution is -2.37. The molecule has 90 valence electrons. The van der Waals surface area contributed by atoms with Gasteiger partial charge in [0, 0.05) is 13.6 Å². The third kappa shape index (κ3) is 3.08. The van der Waals surface area contributed by atoms with Crippen molar-refractivity contribution in [3.63, 3.8) is 0 Å². The number of anilines is 2. The monoisotopic (exact) mass is 228 g/mol. The van der Waals surface area contributed by atoms with Crippen molar-refractivity contribution in [3.05, 3.63) is 20.4 Å². The molecule has 0 atom stereocenters. The molecular weight excluding hydrogens is 212 g/mol. The van der Waals surface area contributed by atoms with Gasteiger partial charge in [0.05, 0.1) is 6.42 Å². The number of carboxylic acid groups (broad SMARTS) is 1. The van der Waals surface area contributed by atoms with Crippen LogP contribution in [0.1, 0.15) is 20.3 Å². The fraction of sp³-hybridized carbons (Fsp3) is 0.500. The Bertz CT molecular complexity index is 418. The molecule has 0 aliphatic rings. The van der Waals surface area contributed by atoms with E-state index in [-0.39, 0.29) is 24.3 Å². The second-order valence-corrected chi connectivity index (χ2v) is 2.73. The molecule has 0 amide bonds. The van der Waals surface area contributed by atoms with Crippen LogP contribution in [0, 0.1) is 0 Å². The number of hydrogen-bond donors (Lipinski definition) is 3. The lowest BCUT2D eigenvalue weighted by molar-refractivity contribution is -0.136. The van der Waals surface area contributed by atoms with Gasteiger partial charge in [-0.2, -0.15) is 0 Å². The summed E-state index contributed by atoms with van der Waals surface area (Å²) in [5.41, 5.74) is -0.760. The summed E-state index contributed by atoms with van der Waals surface area (Å²) in [7, 11) is 1.53. The van der Waals surface area contributed by atoms with Crippen LogP contribution in [-0.4, -0.2) is 24.7 Å². The molecule has 0 aromatic heterocycles. The molecule has 6 nitrogen and oxygen atoms in total. The maximum atomic E-state index is 10.9. The summed E-state index contributed by atoms with van der Waals surface area (Å²) in [6.45, 7) is 4.13. The molecule has 0 heterocycles. The van der Waals surface area contributed by atoms with Crippen LogP contribution in [0.15, 0.2) is 9.59 Å². The summed E-state index contributed by atoms with van der Waals surface area (Å²) in [4.78, 5) is 32.0. The highest BCUT2D eigenvalue weighted by atomic mass is 16.4. The van der Waals surface area contributed by atoms with Gasteiger partial charge in [-0.1, -0.05) is 13.8 Å². The Labute approximate surface area is 93.0 Å². The standard InChI is InChI=1S/C8H10N2O4.C2H6/c1-9-5-6(8(14)7(5)13)10-3-2-4(11)12;1-2/h9-10H,2-3H2,1H3,(H,11,12);1-2H3. The van der Waals surface area contributed by atoms with Crippen LogP contribution in [-0.2, 0) is 4.79 Å². The Balaban J connectivity index is 0.00000106. The Morgan fingerprint density at radius 2 is 1.69 bits per heavy atom. The Hall–Kier alpha value is -1.85. The average Bonchev–Trinajstić information content (AvgIpc) is 2.29. The molecule has 0 saturated heterocycles.